The summed E-state index contributed by atoms with van der Waals surface area (Å²) in [4.78, 5) is 0. The minimum absolute atomic E-state index is 0.0690. The zero-order valence-electron chi connectivity index (χ0n) is 15.1. The van der Waals surface area contributed by atoms with Crippen LogP contribution in [0.2, 0.25) is 0 Å². The number of halogens is 6. The maximum absolute atomic E-state index is 15.0. The second-order valence-corrected chi connectivity index (χ2v) is 6.72. The molecule has 3 rings (SSSR count). The summed E-state index contributed by atoms with van der Waals surface area (Å²) in [6.07, 6.45) is 0.913. The first-order valence-electron chi connectivity index (χ1n) is 8.95. The summed E-state index contributed by atoms with van der Waals surface area (Å²) < 4.78 is 83.1. The Balaban J connectivity index is 1.97. The quantitative estimate of drug-likeness (QED) is 0.483. The molecule has 1 aliphatic rings. The van der Waals surface area contributed by atoms with Gasteiger partial charge in [-0.25, -0.2) is 13.2 Å². The Hall–Kier alpha value is -2.44. The Labute approximate surface area is 158 Å². The van der Waals surface area contributed by atoms with Crippen molar-refractivity contribution in [2.75, 3.05) is 0 Å². The molecule has 0 atom stereocenters. The maximum atomic E-state index is 15.0. The van der Waals surface area contributed by atoms with Crippen LogP contribution in [0.4, 0.5) is 26.3 Å². The second kappa shape index (κ2) is 7.89. The molecule has 0 N–H and O–H groups in total. The van der Waals surface area contributed by atoms with Gasteiger partial charge in [-0.3, -0.25) is 0 Å². The number of alkyl halides is 3. The van der Waals surface area contributed by atoms with Crippen molar-refractivity contribution in [3.8, 4) is 16.9 Å². The van der Waals surface area contributed by atoms with E-state index in [2.05, 4.69) is 11.7 Å². The average Bonchev–Trinajstić information content (AvgIpc) is 2.62. The fourth-order valence-corrected chi connectivity index (χ4v) is 3.36. The third-order valence-corrected chi connectivity index (χ3v) is 4.71. The van der Waals surface area contributed by atoms with Crippen LogP contribution in [-0.2, 0) is 6.42 Å². The summed E-state index contributed by atoms with van der Waals surface area (Å²) >= 11 is 0. The van der Waals surface area contributed by atoms with Gasteiger partial charge in [0.15, 0.2) is 11.6 Å². The molecular weight excluding hydrogens is 382 g/mol. The van der Waals surface area contributed by atoms with Crippen molar-refractivity contribution in [1.29, 1.82) is 0 Å². The lowest BCUT2D eigenvalue weighted by Gasteiger charge is -2.19. The first-order valence-corrected chi connectivity index (χ1v) is 8.95. The molecule has 0 fully saturated rings. The van der Waals surface area contributed by atoms with E-state index in [1.807, 2.05) is 6.08 Å². The number of rotatable bonds is 5. The van der Waals surface area contributed by atoms with Gasteiger partial charge in [0.25, 0.3) is 0 Å². The van der Waals surface area contributed by atoms with Gasteiger partial charge >= 0.3 is 6.36 Å². The summed E-state index contributed by atoms with van der Waals surface area (Å²) in [5.74, 6) is -5.28. The molecule has 0 aromatic heterocycles. The van der Waals surface area contributed by atoms with E-state index >= 15 is 0 Å². The topological polar surface area (TPSA) is 9.23 Å². The zero-order valence-corrected chi connectivity index (χ0v) is 15.1. The fourth-order valence-electron chi connectivity index (χ4n) is 3.36. The summed E-state index contributed by atoms with van der Waals surface area (Å²) in [7, 11) is 0. The molecule has 0 amide bonds. The number of unbranched alkanes of at least 4 members (excludes halogenated alkanes) is 1. The monoisotopic (exact) mass is 400 g/mol. The van der Waals surface area contributed by atoms with Crippen LogP contribution >= 0.6 is 0 Å². The standard InChI is InChI=1S/C21H18F6O/c1-2-3-4-12-5-7-15-13(9-12)6-8-16(19(15)24)14-10-17(22)20(18(23)11-14)28-21(25,26)27/h6,8-11H,2-5,7H2,1H3. The molecule has 7 heteroatoms. The van der Waals surface area contributed by atoms with Gasteiger partial charge in [-0.1, -0.05) is 37.1 Å². The molecule has 0 spiro atoms. The first kappa shape index (κ1) is 20.3. The van der Waals surface area contributed by atoms with Crippen LogP contribution in [0.15, 0.2) is 29.8 Å². The number of hydrogen-bond acceptors (Lipinski definition) is 1. The highest BCUT2D eigenvalue weighted by Crippen LogP contribution is 2.37. The van der Waals surface area contributed by atoms with Crippen molar-refractivity contribution in [2.24, 2.45) is 0 Å². The number of fused-ring (bicyclic) bond motifs is 1. The smallest absolute Gasteiger partial charge is 0.399 e. The summed E-state index contributed by atoms with van der Waals surface area (Å²) in [6, 6.07) is 4.32. The highest BCUT2D eigenvalue weighted by molar-refractivity contribution is 5.71. The molecular formula is C21H18F6O. The fraction of sp³-hybridized carbons (Fsp3) is 0.333. The molecule has 1 aliphatic carbocycles. The molecule has 0 bridgehead atoms. The van der Waals surface area contributed by atoms with Gasteiger partial charge in [0.2, 0.25) is 5.75 Å². The van der Waals surface area contributed by atoms with Gasteiger partial charge in [-0.2, -0.15) is 0 Å². The summed E-state index contributed by atoms with van der Waals surface area (Å²) in [5.41, 5.74) is 2.13. The van der Waals surface area contributed by atoms with Crippen LogP contribution in [0.25, 0.3) is 17.2 Å². The van der Waals surface area contributed by atoms with Gasteiger partial charge in [-0.05, 0) is 54.5 Å². The Morgan fingerprint density at radius 3 is 2.29 bits per heavy atom. The minimum Gasteiger partial charge on any atom is -0.399 e. The van der Waals surface area contributed by atoms with E-state index < -0.39 is 29.6 Å². The SMILES string of the molecule is CCCCC1=Cc2ccc(-c3cc(F)c(OC(F)(F)F)c(F)c3)c(F)c2CC1. The van der Waals surface area contributed by atoms with Crippen LogP contribution < -0.4 is 4.74 Å². The Morgan fingerprint density at radius 1 is 1.00 bits per heavy atom. The molecule has 28 heavy (non-hydrogen) atoms. The Morgan fingerprint density at radius 2 is 1.68 bits per heavy atom. The summed E-state index contributed by atoms with van der Waals surface area (Å²) in [5, 5.41) is 0. The normalized spacial score (nSPS) is 13.9. The molecule has 0 aliphatic heterocycles. The predicted molar refractivity (Wildman–Crippen MR) is 94.3 cm³/mol. The van der Waals surface area contributed by atoms with Crippen molar-refractivity contribution in [3.05, 3.63) is 58.4 Å². The number of allylic oxidation sites excluding steroid dienone is 1. The van der Waals surface area contributed by atoms with Crippen molar-refractivity contribution in [3.63, 3.8) is 0 Å². The third-order valence-electron chi connectivity index (χ3n) is 4.71. The van der Waals surface area contributed by atoms with E-state index in [4.69, 9.17) is 0 Å². The average molecular weight is 400 g/mol. The van der Waals surface area contributed by atoms with Gasteiger partial charge in [0, 0.05) is 5.56 Å². The van der Waals surface area contributed by atoms with Crippen LogP contribution in [0.1, 0.15) is 43.7 Å². The Kier molecular flexibility index (Phi) is 5.72. The molecule has 2 aromatic carbocycles. The maximum Gasteiger partial charge on any atom is 0.573 e. The van der Waals surface area contributed by atoms with Crippen molar-refractivity contribution >= 4 is 6.08 Å². The zero-order chi connectivity index (χ0) is 20.5. The van der Waals surface area contributed by atoms with Crippen molar-refractivity contribution in [2.45, 2.75) is 45.4 Å². The lowest BCUT2D eigenvalue weighted by Crippen LogP contribution is -2.19. The summed E-state index contributed by atoms with van der Waals surface area (Å²) in [6.45, 7) is 2.09. The van der Waals surface area contributed by atoms with Crippen LogP contribution in [0.3, 0.4) is 0 Å². The minimum atomic E-state index is -5.23. The lowest BCUT2D eigenvalue weighted by molar-refractivity contribution is -0.276. The second-order valence-electron chi connectivity index (χ2n) is 6.72. The van der Waals surface area contributed by atoms with Crippen LogP contribution in [0.5, 0.6) is 5.75 Å². The molecule has 2 aromatic rings. The molecule has 0 unspecified atom stereocenters. The van der Waals surface area contributed by atoms with Gasteiger partial charge < -0.3 is 4.74 Å². The predicted octanol–water partition coefficient (Wildman–Crippen LogP) is 7.19. The van der Waals surface area contributed by atoms with Crippen LogP contribution in [-0.4, -0.2) is 6.36 Å². The van der Waals surface area contributed by atoms with E-state index in [1.54, 1.807) is 6.07 Å². The van der Waals surface area contributed by atoms with E-state index in [-0.39, 0.29) is 11.1 Å². The molecule has 1 nitrogen and oxygen atoms in total. The van der Waals surface area contributed by atoms with Gasteiger partial charge in [0.05, 0.1) is 0 Å². The number of hydrogen-bond donors (Lipinski definition) is 0. The first-order chi connectivity index (χ1) is 13.2. The largest absolute Gasteiger partial charge is 0.573 e. The molecule has 0 radical (unpaired) electrons. The molecule has 0 saturated carbocycles. The van der Waals surface area contributed by atoms with E-state index in [0.29, 0.717) is 30.5 Å². The highest BCUT2D eigenvalue weighted by Gasteiger charge is 2.34. The van der Waals surface area contributed by atoms with E-state index in [0.717, 1.165) is 24.8 Å². The van der Waals surface area contributed by atoms with E-state index in [9.17, 15) is 26.3 Å². The van der Waals surface area contributed by atoms with Gasteiger partial charge in [-0.15, -0.1) is 13.2 Å². The van der Waals surface area contributed by atoms with Crippen molar-refractivity contribution < 1.29 is 31.1 Å². The Bertz CT molecular complexity index is 891. The molecule has 0 heterocycles. The highest BCUT2D eigenvalue weighted by atomic mass is 19.4. The van der Waals surface area contributed by atoms with Crippen LogP contribution in [0, 0.1) is 17.5 Å². The molecule has 150 valence electrons. The number of ether oxygens (including phenoxy) is 1. The van der Waals surface area contributed by atoms with Crippen molar-refractivity contribution in [1.82, 2.24) is 0 Å². The van der Waals surface area contributed by atoms with Gasteiger partial charge in [0.1, 0.15) is 5.82 Å². The van der Waals surface area contributed by atoms with E-state index in [1.165, 1.54) is 11.6 Å². The molecule has 0 saturated heterocycles. The lowest BCUT2D eigenvalue weighted by atomic mass is 9.87. The number of benzene rings is 2. The third kappa shape index (κ3) is 4.34.